The van der Waals surface area contributed by atoms with Gasteiger partial charge in [0.15, 0.2) is 5.82 Å². The number of hydrogen-bond acceptors (Lipinski definition) is 4. The Balaban J connectivity index is 1.61. The van der Waals surface area contributed by atoms with Gasteiger partial charge >= 0.3 is 6.03 Å². The van der Waals surface area contributed by atoms with E-state index in [4.69, 9.17) is 4.52 Å². The average molecular weight is 302 g/mol. The van der Waals surface area contributed by atoms with Crippen molar-refractivity contribution in [1.82, 2.24) is 20.8 Å². The Morgan fingerprint density at radius 1 is 1.14 bits per heavy atom. The van der Waals surface area contributed by atoms with E-state index in [2.05, 4.69) is 20.8 Å². The summed E-state index contributed by atoms with van der Waals surface area (Å²) in [5, 5.41) is 9.48. The Bertz CT molecular complexity index is 581. The van der Waals surface area contributed by atoms with Crippen LogP contribution < -0.4 is 10.6 Å². The van der Waals surface area contributed by atoms with Gasteiger partial charge in [-0.1, -0.05) is 49.3 Å². The second-order valence-electron chi connectivity index (χ2n) is 5.37. The molecule has 6 heteroatoms. The van der Waals surface area contributed by atoms with Crippen LogP contribution in [0.25, 0.3) is 0 Å². The van der Waals surface area contributed by atoms with Crippen molar-refractivity contribution < 1.29 is 9.32 Å². The van der Waals surface area contributed by atoms with E-state index in [1.807, 2.05) is 44.2 Å². The molecule has 0 atom stereocenters. The monoisotopic (exact) mass is 302 g/mol. The van der Waals surface area contributed by atoms with Gasteiger partial charge in [0.2, 0.25) is 5.89 Å². The van der Waals surface area contributed by atoms with Gasteiger partial charge < -0.3 is 15.2 Å². The summed E-state index contributed by atoms with van der Waals surface area (Å²) in [6.45, 7) is 5.09. The lowest BCUT2D eigenvalue weighted by Gasteiger charge is -2.06. The standard InChI is InChI=1S/C16H22N4O2/c1-12(2)15-19-14(22-20-15)9-11-18-16(21)17-10-8-13-6-4-3-5-7-13/h3-7,12H,8-11H2,1-2H3,(H2,17,18,21). The Morgan fingerprint density at radius 2 is 1.82 bits per heavy atom. The molecule has 22 heavy (non-hydrogen) atoms. The second kappa shape index (κ2) is 8.17. The highest BCUT2D eigenvalue weighted by molar-refractivity contribution is 5.73. The topological polar surface area (TPSA) is 80.0 Å². The second-order valence-corrected chi connectivity index (χ2v) is 5.37. The van der Waals surface area contributed by atoms with Gasteiger partial charge in [0.05, 0.1) is 0 Å². The number of carbonyl (C=O) groups excluding carboxylic acids is 1. The van der Waals surface area contributed by atoms with E-state index in [9.17, 15) is 4.79 Å². The molecular weight excluding hydrogens is 280 g/mol. The van der Waals surface area contributed by atoms with Crippen molar-refractivity contribution in [3.63, 3.8) is 0 Å². The summed E-state index contributed by atoms with van der Waals surface area (Å²) in [6.07, 6.45) is 1.35. The number of rotatable bonds is 7. The van der Waals surface area contributed by atoms with E-state index in [1.165, 1.54) is 5.56 Å². The SMILES string of the molecule is CC(C)c1noc(CCNC(=O)NCCc2ccccc2)n1. The number of hydrogen-bond donors (Lipinski definition) is 2. The first-order valence-corrected chi connectivity index (χ1v) is 7.53. The summed E-state index contributed by atoms with van der Waals surface area (Å²) in [5.74, 6) is 1.49. The van der Waals surface area contributed by atoms with Crippen LogP contribution in [-0.2, 0) is 12.8 Å². The van der Waals surface area contributed by atoms with Gasteiger partial charge in [-0.25, -0.2) is 4.79 Å². The van der Waals surface area contributed by atoms with Crippen molar-refractivity contribution in [3.8, 4) is 0 Å². The van der Waals surface area contributed by atoms with Crippen molar-refractivity contribution in [1.29, 1.82) is 0 Å². The number of nitrogens with one attached hydrogen (secondary N) is 2. The first-order valence-electron chi connectivity index (χ1n) is 7.53. The fourth-order valence-electron chi connectivity index (χ4n) is 1.91. The van der Waals surface area contributed by atoms with E-state index in [0.717, 1.165) is 6.42 Å². The third kappa shape index (κ3) is 5.20. The van der Waals surface area contributed by atoms with Crippen LogP contribution in [0.3, 0.4) is 0 Å². The fourth-order valence-corrected chi connectivity index (χ4v) is 1.91. The molecule has 0 saturated heterocycles. The predicted molar refractivity (Wildman–Crippen MR) is 83.6 cm³/mol. The molecule has 2 aromatic rings. The molecule has 0 saturated carbocycles. The van der Waals surface area contributed by atoms with E-state index in [0.29, 0.717) is 31.2 Å². The largest absolute Gasteiger partial charge is 0.339 e. The van der Waals surface area contributed by atoms with Crippen LogP contribution in [0.4, 0.5) is 4.79 Å². The molecule has 2 rings (SSSR count). The molecule has 0 aliphatic carbocycles. The van der Waals surface area contributed by atoms with Gasteiger partial charge in [0, 0.05) is 25.4 Å². The van der Waals surface area contributed by atoms with E-state index >= 15 is 0 Å². The molecule has 0 aliphatic heterocycles. The molecule has 1 heterocycles. The van der Waals surface area contributed by atoms with Crippen LogP contribution >= 0.6 is 0 Å². The molecule has 1 aromatic carbocycles. The number of nitrogens with zero attached hydrogens (tertiary/aromatic N) is 2. The van der Waals surface area contributed by atoms with Gasteiger partial charge in [-0.3, -0.25) is 0 Å². The van der Waals surface area contributed by atoms with E-state index in [-0.39, 0.29) is 11.9 Å². The lowest BCUT2D eigenvalue weighted by atomic mass is 10.1. The first-order chi connectivity index (χ1) is 10.6. The fraction of sp³-hybridized carbons (Fsp3) is 0.438. The van der Waals surface area contributed by atoms with Crippen LogP contribution in [-0.4, -0.2) is 29.3 Å². The summed E-state index contributed by atoms with van der Waals surface area (Å²) in [5.41, 5.74) is 1.20. The third-order valence-electron chi connectivity index (χ3n) is 3.17. The van der Waals surface area contributed by atoms with Gasteiger partial charge in [-0.05, 0) is 12.0 Å². The Kier molecular flexibility index (Phi) is 5.94. The summed E-state index contributed by atoms with van der Waals surface area (Å²) in [6, 6.07) is 9.87. The van der Waals surface area contributed by atoms with Crippen LogP contribution in [0.15, 0.2) is 34.9 Å². The summed E-state index contributed by atoms with van der Waals surface area (Å²) in [4.78, 5) is 15.9. The Morgan fingerprint density at radius 3 is 2.45 bits per heavy atom. The van der Waals surface area contributed by atoms with Crippen LogP contribution in [0.1, 0.15) is 37.0 Å². The number of benzene rings is 1. The Hall–Kier alpha value is -2.37. The maximum Gasteiger partial charge on any atom is 0.314 e. The maximum absolute atomic E-state index is 11.6. The molecule has 6 nitrogen and oxygen atoms in total. The van der Waals surface area contributed by atoms with Crippen molar-refractivity contribution in [2.75, 3.05) is 13.1 Å². The maximum atomic E-state index is 11.6. The minimum Gasteiger partial charge on any atom is -0.339 e. The quantitative estimate of drug-likeness (QED) is 0.822. The van der Waals surface area contributed by atoms with Crippen molar-refractivity contribution in [3.05, 3.63) is 47.6 Å². The highest BCUT2D eigenvalue weighted by Gasteiger charge is 2.09. The minimum atomic E-state index is -0.181. The van der Waals surface area contributed by atoms with Crippen LogP contribution in [0.5, 0.6) is 0 Å². The lowest BCUT2D eigenvalue weighted by Crippen LogP contribution is -2.37. The first kappa shape index (κ1) is 16.0. The average Bonchev–Trinajstić information content (AvgIpc) is 2.97. The molecule has 0 spiro atoms. The molecule has 0 aliphatic rings. The predicted octanol–water partition coefficient (Wildman–Crippen LogP) is 2.28. The third-order valence-corrected chi connectivity index (χ3v) is 3.17. The van der Waals surface area contributed by atoms with Gasteiger partial charge in [0.1, 0.15) is 0 Å². The Labute approximate surface area is 130 Å². The highest BCUT2D eigenvalue weighted by Crippen LogP contribution is 2.09. The number of aromatic nitrogens is 2. The van der Waals surface area contributed by atoms with E-state index < -0.39 is 0 Å². The minimum absolute atomic E-state index is 0.181. The zero-order chi connectivity index (χ0) is 15.8. The lowest BCUT2D eigenvalue weighted by molar-refractivity contribution is 0.240. The van der Waals surface area contributed by atoms with Gasteiger partial charge in [-0.15, -0.1) is 0 Å². The molecule has 118 valence electrons. The van der Waals surface area contributed by atoms with Gasteiger partial charge in [0.25, 0.3) is 0 Å². The highest BCUT2D eigenvalue weighted by atomic mass is 16.5. The molecule has 2 N–H and O–H groups in total. The molecule has 0 unspecified atom stereocenters. The zero-order valence-electron chi connectivity index (χ0n) is 13.0. The molecule has 1 aromatic heterocycles. The number of amides is 2. The molecule has 0 radical (unpaired) electrons. The molecule has 2 amide bonds. The van der Waals surface area contributed by atoms with Gasteiger partial charge in [-0.2, -0.15) is 4.98 Å². The van der Waals surface area contributed by atoms with Crippen molar-refractivity contribution >= 4 is 6.03 Å². The number of urea groups is 1. The normalized spacial score (nSPS) is 10.7. The van der Waals surface area contributed by atoms with Crippen molar-refractivity contribution in [2.24, 2.45) is 0 Å². The van der Waals surface area contributed by atoms with Crippen LogP contribution in [0.2, 0.25) is 0 Å². The molecule has 0 fully saturated rings. The van der Waals surface area contributed by atoms with E-state index in [1.54, 1.807) is 0 Å². The molecular formula is C16H22N4O2. The molecule has 0 bridgehead atoms. The zero-order valence-corrected chi connectivity index (χ0v) is 13.0. The summed E-state index contributed by atoms with van der Waals surface area (Å²) in [7, 11) is 0. The number of carbonyl (C=O) groups is 1. The van der Waals surface area contributed by atoms with Crippen molar-refractivity contribution in [2.45, 2.75) is 32.6 Å². The summed E-state index contributed by atoms with van der Waals surface area (Å²) >= 11 is 0. The summed E-state index contributed by atoms with van der Waals surface area (Å²) < 4.78 is 5.11. The smallest absolute Gasteiger partial charge is 0.314 e. The van der Waals surface area contributed by atoms with Crippen LogP contribution in [0, 0.1) is 0 Å².